The molecule has 17 heavy (non-hydrogen) atoms. The fraction of sp³-hybridized carbons (Fsp3) is 0.500. The Labute approximate surface area is 103 Å². The van der Waals surface area contributed by atoms with E-state index in [1.165, 1.54) is 6.07 Å². The third-order valence-corrected chi connectivity index (χ3v) is 1.84. The average molecular weight is 257 g/mol. The topological polar surface area (TPSA) is 87.0 Å². The molecule has 0 fully saturated rings. The third-order valence-electron chi connectivity index (χ3n) is 1.64. The van der Waals surface area contributed by atoms with Crippen molar-refractivity contribution >= 4 is 18.3 Å². The maximum absolute atomic E-state index is 11.3. The molecule has 0 aromatic carbocycles. The monoisotopic (exact) mass is 257 g/mol. The van der Waals surface area contributed by atoms with Crippen LogP contribution in [0.25, 0.3) is 0 Å². The first-order valence-corrected chi connectivity index (χ1v) is 5.46. The minimum absolute atomic E-state index is 0.155. The van der Waals surface area contributed by atoms with Crippen molar-refractivity contribution in [3.8, 4) is 0 Å². The first kappa shape index (κ1) is 13.4. The number of alkyl carbamates (subject to hydrolysis) is 1. The number of rotatable bonds is 2. The van der Waals surface area contributed by atoms with Crippen LogP contribution in [-0.2, 0) is 11.3 Å². The van der Waals surface area contributed by atoms with Gasteiger partial charge >= 0.3 is 6.09 Å². The Hall–Kier alpha value is -1.63. The number of aromatic nitrogens is 2. The van der Waals surface area contributed by atoms with Crippen LogP contribution in [0.15, 0.2) is 10.9 Å². The Kier molecular flexibility index (Phi) is 4.06. The molecule has 0 aliphatic carbocycles. The number of hydrogen-bond acceptors (Lipinski definition) is 4. The summed E-state index contributed by atoms with van der Waals surface area (Å²) in [4.78, 5) is 27.6. The number of carbonyl (C=O) groups is 1. The summed E-state index contributed by atoms with van der Waals surface area (Å²) in [7, 11) is 0. The van der Waals surface area contributed by atoms with Crippen molar-refractivity contribution in [2.24, 2.45) is 0 Å². The molecule has 0 spiro atoms. The molecule has 1 heterocycles. The van der Waals surface area contributed by atoms with Crippen molar-refractivity contribution in [2.75, 3.05) is 0 Å². The van der Waals surface area contributed by atoms with E-state index in [4.69, 9.17) is 17.0 Å². The highest BCUT2D eigenvalue weighted by molar-refractivity contribution is 7.71. The zero-order chi connectivity index (χ0) is 13.1. The second-order valence-corrected chi connectivity index (χ2v) is 4.88. The highest BCUT2D eigenvalue weighted by Crippen LogP contribution is 2.06. The predicted octanol–water partition coefficient (Wildman–Crippen LogP) is 1.46. The molecule has 1 amide bonds. The summed E-state index contributed by atoms with van der Waals surface area (Å²) in [5.74, 6) is 0. The van der Waals surface area contributed by atoms with E-state index in [1.807, 2.05) is 0 Å². The highest BCUT2D eigenvalue weighted by atomic mass is 32.1. The molecule has 94 valence electrons. The number of aromatic amines is 2. The first-order chi connectivity index (χ1) is 7.76. The number of H-pyrrole nitrogens is 2. The Bertz CT molecular complexity index is 484. The zero-order valence-corrected chi connectivity index (χ0v) is 10.7. The van der Waals surface area contributed by atoms with Crippen LogP contribution in [0.5, 0.6) is 0 Å². The van der Waals surface area contributed by atoms with Gasteiger partial charge in [-0.3, -0.25) is 9.78 Å². The van der Waals surface area contributed by atoms with Crippen molar-refractivity contribution in [3.63, 3.8) is 0 Å². The molecule has 3 N–H and O–H groups in total. The van der Waals surface area contributed by atoms with E-state index >= 15 is 0 Å². The van der Waals surface area contributed by atoms with Crippen molar-refractivity contribution < 1.29 is 9.53 Å². The standard InChI is InChI=1S/C10H15N3O3S/c1-10(2,3)16-9(15)11-5-6-4-7(14)13-8(17)12-6/h4H,5H2,1-3H3,(H,11,15)(H2,12,13,14,17). The fourth-order valence-electron chi connectivity index (χ4n) is 1.10. The minimum atomic E-state index is -0.550. The van der Waals surface area contributed by atoms with Gasteiger partial charge in [0.1, 0.15) is 5.60 Å². The van der Waals surface area contributed by atoms with Gasteiger partial charge < -0.3 is 15.0 Å². The molecule has 0 aliphatic heterocycles. The van der Waals surface area contributed by atoms with Crippen LogP contribution < -0.4 is 10.9 Å². The van der Waals surface area contributed by atoms with Crippen LogP contribution in [-0.4, -0.2) is 21.7 Å². The van der Waals surface area contributed by atoms with Gasteiger partial charge in [-0.05, 0) is 33.0 Å². The normalized spacial score (nSPS) is 11.0. The molecule has 0 radical (unpaired) electrons. The van der Waals surface area contributed by atoms with E-state index in [9.17, 15) is 9.59 Å². The predicted molar refractivity (Wildman–Crippen MR) is 65.3 cm³/mol. The van der Waals surface area contributed by atoms with Crippen LogP contribution in [0.4, 0.5) is 4.79 Å². The van der Waals surface area contributed by atoms with Gasteiger partial charge in [-0.1, -0.05) is 0 Å². The molecule has 1 aromatic rings. The van der Waals surface area contributed by atoms with E-state index in [2.05, 4.69) is 15.3 Å². The van der Waals surface area contributed by atoms with E-state index in [0.29, 0.717) is 5.69 Å². The molecule has 1 rings (SSSR count). The zero-order valence-electron chi connectivity index (χ0n) is 9.92. The van der Waals surface area contributed by atoms with Crippen molar-refractivity contribution in [3.05, 3.63) is 26.9 Å². The lowest BCUT2D eigenvalue weighted by molar-refractivity contribution is 0.0523. The van der Waals surface area contributed by atoms with Crippen LogP contribution in [0.2, 0.25) is 0 Å². The Morgan fingerprint density at radius 2 is 2.12 bits per heavy atom. The van der Waals surface area contributed by atoms with Crippen molar-refractivity contribution in [1.82, 2.24) is 15.3 Å². The number of hydrogen-bond donors (Lipinski definition) is 3. The largest absolute Gasteiger partial charge is 0.444 e. The SMILES string of the molecule is CC(C)(C)OC(=O)NCc1cc(=O)[nH]c(=S)[nH]1. The molecular weight excluding hydrogens is 242 g/mol. The maximum Gasteiger partial charge on any atom is 0.407 e. The molecule has 0 bridgehead atoms. The molecule has 0 unspecified atom stereocenters. The number of amides is 1. The summed E-state index contributed by atoms with van der Waals surface area (Å²) in [5.41, 5.74) is -0.343. The lowest BCUT2D eigenvalue weighted by Gasteiger charge is -2.19. The van der Waals surface area contributed by atoms with Crippen molar-refractivity contribution in [2.45, 2.75) is 32.9 Å². The highest BCUT2D eigenvalue weighted by Gasteiger charge is 2.15. The molecular formula is C10H15N3O3S. The fourth-order valence-corrected chi connectivity index (χ4v) is 1.33. The van der Waals surface area contributed by atoms with Crippen LogP contribution in [0.1, 0.15) is 26.5 Å². The molecule has 6 nitrogen and oxygen atoms in total. The smallest absolute Gasteiger partial charge is 0.407 e. The molecule has 7 heteroatoms. The molecule has 0 aliphatic rings. The molecule has 0 atom stereocenters. The number of nitrogens with one attached hydrogen (secondary N) is 3. The van der Waals surface area contributed by atoms with E-state index in [-0.39, 0.29) is 16.9 Å². The van der Waals surface area contributed by atoms with Crippen LogP contribution >= 0.6 is 12.2 Å². The van der Waals surface area contributed by atoms with E-state index in [0.717, 1.165) is 0 Å². The quantitative estimate of drug-likeness (QED) is 0.700. The summed E-state index contributed by atoms with van der Waals surface area (Å²) in [5, 5.41) is 2.52. The van der Waals surface area contributed by atoms with Gasteiger partial charge in [-0.15, -0.1) is 0 Å². The Balaban J connectivity index is 2.59. The lowest BCUT2D eigenvalue weighted by Crippen LogP contribution is -2.32. The minimum Gasteiger partial charge on any atom is -0.444 e. The summed E-state index contributed by atoms with van der Waals surface area (Å²) >= 11 is 4.80. The summed E-state index contributed by atoms with van der Waals surface area (Å²) in [6.45, 7) is 5.47. The maximum atomic E-state index is 11.3. The summed E-state index contributed by atoms with van der Waals surface area (Å²) in [6.07, 6.45) is -0.544. The lowest BCUT2D eigenvalue weighted by atomic mass is 10.2. The van der Waals surface area contributed by atoms with Crippen LogP contribution in [0, 0.1) is 4.77 Å². The second kappa shape index (κ2) is 5.13. The molecule has 1 aromatic heterocycles. The van der Waals surface area contributed by atoms with Gasteiger partial charge in [0.25, 0.3) is 5.56 Å². The molecule has 0 saturated heterocycles. The first-order valence-electron chi connectivity index (χ1n) is 5.06. The van der Waals surface area contributed by atoms with Gasteiger partial charge in [0.05, 0.1) is 6.54 Å². The Morgan fingerprint density at radius 1 is 1.47 bits per heavy atom. The third kappa shape index (κ3) is 5.30. The second-order valence-electron chi connectivity index (χ2n) is 4.47. The van der Waals surface area contributed by atoms with Gasteiger partial charge in [0.2, 0.25) is 0 Å². The number of ether oxygens (including phenoxy) is 1. The average Bonchev–Trinajstić information content (AvgIpc) is 2.10. The van der Waals surface area contributed by atoms with Crippen LogP contribution in [0.3, 0.4) is 0 Å². The van der Waals surface area contributed by atoms with E-state index < -0.39 is 11.7 Å². The van der Waals surface area contributed by atoms with Gasteiger partial charge in [0.15, 0.2) is 4.77 Å². The number of carbonyl (C=O) groups excluding carboxylic acids is 1. The van der Waals surface area contributed by atoms with Gasteiger partial charge in [-0.2, -0.15) is 0 Å². The molecule has 0 saturated carbocycles. The van der Waals surface area contributed by atoms with Gasteiger partial charge in [-0.25, -0.2) is 4.79 Å². The summed E-state index contributed by atoms with van der Waals surface area (Å²) in [6, 6.07) is 1.33. The van der Waals surface area contributed by atoms with E-state index in [1.54, 1.807) is 20.8 Å². The Morgan fingerprint density at radius 3 is 2.65 bits per heavy atom. The van der Waals surface area contributed by atoms with Gasteiger partial charge in [0, 0.05) is 11.8 Å². The van der Waals surface area contributed by atoms with Crippen molar-refractivity contribution in [1.29, 1.82) is 0 Å². The summed E-state index contributed by atoms with van der Waals surface area (Å²) < 4.78 is 5.26.